The van der Waals surface area contributed by atoms with Gasteiger partial charge in [-0.15, -0.1) is 17.9 Å². The predicted octanol–water partition coefficient (Wildman–Crippen LogP) is 4.96. The molecule has 164 valence electrons. The van der Waals surface area contributed by atoms with Crippen LogP contribution in [-0.4, -0.2) is 38.8 Å². The lowest BCUT2D eigenvalue weighted by molar-refractivity contribution is 0.324. The van der Waals surface area contributed by atoms with Crippen molar-refractivity contribution in [3.05, 3.63) is 70.9 Å². The van der Waals surface area contributed by atoms with Gasteiger partial charge in [0.15, 0.2) is 17.3 Å². The number of furan rings is 1. The van der Waals surface area contributed by atoms with Gasteiger partial charge in [0.1, 0.15) is 11.3 Å². The van der Waals surface area contributed by atoms with Crippen molar-refractivity contribution >= 4 is 28.5 Å². The number of thiazole rings is 1. The van der Waals surface area contributed by atoms with Crippen molar-refractivity contribution < 1.29 is 18.6 Å². The third-order valence-corrected chi connectivity index (χ3v) is 5.58. The molecule has 0 atom stereocenters. The molecule has 0 spiro atoms. The van der Waals surface area contributed by atoms with E-state index in [1.165, 1.54) is 11.3 Å². The molecule has 0 radical (unpaired) electrons. The van der Waals surface area contributed by atoms with Gasteiger partial charge >= 0.3 is 0 Å². The van der Waals surface area contributed by atoms with Crippen LogP contribution in [0.3, 0.4) is 0 Å². The molecule has 0 bridgehead atoms. The van der Waals surface area contributed by atoms with Crippen LogP contribution < -0.4 is 19.0 Å². The molecule has 0 unspecified atom stereocenters. The molecule has 2 aromatic carbocycles. The van der Waals surface area contributed by atoms with E-state index in [-0.39, 0.29) is 0 Å². The molecule has 0 aliphatic heterocycles. The first-order valence-electron chi connectivity index (χ1n) is 9.83. The lowest BCUT2D eigenvalue weighted by atomic mass is 10.2. The number of nitrogens with zero attached hydrogens (tertiary/aromatic N) is 3. The molecule has 7 nitrogen and oxygen atoms in total. The Morgan fingerprint density at radius 2 is 1.81 bits per heavy atom. The van der Waals surface area contributed by atoms with Crippen LogP contribution in [0.1, 0.15) is 5.56 Å². The van der Waals surface area contributed by atoms with Gasteiger partial charge in [0.2, 0.25) is 10.6 Å². The van der Waals surface area contributed by atoms with E-state index >= 15 is 0 Å². The maximum atomic E-state index is 6.06. The first kappa shape index (κ1) is 21.5. The smallest absolute Gasteiger partial charge is 0.206 e. The lowest BCUT2D eigenvalue weighted by Crippen LogP contribution is -2.12. The van der Waals surface area contributed by atoms with Crippen LogP contribution in [-0.2, 0) is 0 Å². The molecule has 0 aliphatic carbocycles. The van der Waals surface area contributed by atoms with E-state index in [0.717, 1.165) is 27.0 Å². The zero-order valence-corrected chi connectivity index (χ0v) is 18.9. The van der Waals surface area contributed by atoms with E-state index in [2.05, 4.69) is 11.6 Å². The number of hydrogen-bond donors (Lipinski definition) is 0. The highest BCUT2D eigenvalue weighted by Gasteiger charge is 2.14. The summed E-state index contributed by atoms with van der Waals surface area (Å²) in [6, 6.07) is 13.6. The number of aromatic nitrogens is 1. The monoisotopic (exact) mass is 449 g/mol. The number of hydrogen-bond acceptors (Lipinski definition) is 7. The fourth-order valence-corrected chi connectivity index (χ4v) is 4.07. The molecule has 4 rings (SSSR count). The van der Waals surface area contributed by atoms with E-state index in [9.17, 15) is 0 Å². The standard InChI is InChI=1S/C24H23N3O4S/c1-5-10-25-24-27(18(15-32-24)20-13-17-8-6-7-9-19(17)31-20)26-14-16-11-21(28-2)23(30-4)22(12-16)29-3/h5-9,11-15H,1,10H2,2-4H3. The van der Waals surface area contributed by atoms with Crippen LogP contribution in [0.5, 0.6) is 17.2 Å². The molecule has 0 saturated heterocycles. The predicted molar refractivity (Wildman–Crippen MR) is 127 cm³/mol. The summed E-state index contributed by atoms with van der Waals surface area (Å²) in [4.78, 5) is 5.30. The summed E-state index contributed by atoms with van der Waals surface area (Å²) >= 11 is 1.48. The fourth-order valence-electron chi connectivity index (χ4n) is 3.24. The van der Waals surface area contributed by atoms with Crippen molar-refractivity contribution in [1.82, 2.24) is 4.68 Å². The largest absolute Gasteiger partial charge is 0.493 e. The summed E-state index contributed by atoms with van der Waals surface area (Å²) in [6.07, 6.45) is 3.46. The summed E-state index contributed by atoms with van der Waals surface area (Å²) in [5.41, 5.74) is 2.40. The molecule has 4 aromatic rings. The van der Waals surface area contributed by atoms with Crippen molar-refractivity contribution in [2.24, 2.45) is 10.1 Å². The minimum absolute atomic E-state index is 0.486. The van der Waals surface area contributed by atoms with Crippen molar-refractivity contribution in [3.8, 4) is 28.7 Å². The topological polar surface area (TPSA) is 70.5 Å². The number of methoxy groups -OCH3 is 3. The highest BCUT2D eigenvalue weighted by atomic mass is 32.1. The van der Waals surface area contributed by atoms with Gasteiger partial charge in [0, 0.05) is 16.3 Å². The molecule has 2 aromatic heterocycles. The molecule has 0 N–H and O–H groups in total. The van der Waals surface area contributed by atoms with E-state index in [1.54, 1.807) is 38.3 Å². The average molecular weight is 450 g/mol. The van der Waals surface area contributed by atoms with Crippen LogP contribution in [0.2, 0.25) is 0 Å². The van der Waals surface area contributed by atoms with Crippen LogP contribution in [0.4, 0.5) is 0 Å². The first-order valence-corrected chi connectivity index (χ1v) is 10.7. The Morgan fingerprint density at radius 3 is 2.47 bits per heavy atom. The van der Waals surface area contributed by atoms with Crippen molar-refractivity contribution in [1.29, 1.82) is 0 Å². The third-order valence-electron chi connectivity index (χ3n) is 4.73. The molecule has 0 fully saturated rings. The molecular weight excluding hydrogens is 426 g/mol. The maximum absolute atomic E-state index is 6.06. The van der Waals surface area contributed by atoms with Crippen LogP contribution in [0.25, 0.3) is 22.4 Å². The van der Waals surface area contributed by atoms with Crippen LogP contribution in [0, 0.1) is 0 Å². The van der Waals surface area contributed by atoms with Gasteiger partial charge in [-0.3, -0.25) is 4.99 Å². The number of ether oxygens (including phenoxy) is 3. The Morgan fingerprint density at radius 1 is 1.06 bits per heavy atom. The van der Waals surface area contributed by atoms with Crippen molar-refractivity contribution in [3.63, 3.8) is 0 Å². The SMILES string of the molecule is C=CCN=c1scc(-c2cc3ccccc3o2)n1N=Cc1cc(OC)c(OC)c(OC)c1. The molecule has 8 heteroatoms. The van der Waals surface area contributed by atoms with E-state index in [0.29, 0.717) is 29.6 Å². The molecule has 0 aliphatic rings. The minimum Gasteiger partial charge on any atom is -0.493 e. The van der Waals surface area contributed by atoms with Gasteiger partial charge < -0.3 is 18.6 Å². The summed E-state index contributed by atoms with van der Waals surface area (Å²) < 4.78 is 24.1. The van der Waals surface area contributed by atoms with Gasteiger partial charge in [-0.2, -0.15) is 5.10 Å². The van der Waals surface area contributed by atoms with Crippen molar-refractivity contribution in [2.45, 2.75) is 0 Å². The van der Waals surface area contributed by atoms with Crippen molar-refractivity contribution in [2.75, 3.05) is 27.9 Å². The molecule has 0 saturated carbocycles. The van der Waals surface area contributed by atoms with E-state index in [1.807, 2.05) is 47.8 Å². The van der Waals surface area contributed by atoms with Gasteiger partial charge in [-0.05, 0) is 24.3 Å². The van der Waals surface area contributed by atoms with E-state index in [4.69, 9.17) is 23.7 Å². The zero-order chi connectivity index (χ0) is 22.5. The number of fused-ring (bicyclic) bond motifs is 1. The highest BCUT2D eigenvalue weighted by Crippen LogP contribution is 2.37. The Bertz CT molecular complexity index is 1290. The Labute approximate surface area is 189 Å². The van der Waals surface area contributed by atoms with Gasteiger partial charge in [-0.25, -0.2) is 4.68 Å². The second-order valence-corrected chi connectivity index (χ2v) is 7.53. The average Bonchev–Trinajstić information content (AvgIpc) is 3.44. The normalized spacial score (nSPS) is 11.9. The van der Waals surface area contributed by atoms with E-state index < -0.39 is 0 Å². The quantitative estimate of drug-likeness (QED) is 0.282. The van der Waals surface area contributed by atoms with Gasteiger partial charge in [0.05, 0.1) is 34.1 Å². The highest BCUT2D eigenvalue weighted by molar-refractivity contribution is 7.07. The molecule has 32 heavy (non-hydrogen) atoms. The summed E-state index contributed by atoms with van der Waals surface area (Å²) in [5, 5.41) is 7.71. The summed E-state index contributed by atoms with van der Waals surface area (Å²) in [5.74, 6) is 2.35. The molecular formula is C24H23N3O4S. The number of rotatable bonds is 8. The zero-order valence-electron chi connectivity index (χ0n) is 18.1. The minimum atomic E-state index is 0.486. The third kappa shape index (κ3) is 4.17. The number of para-hydroxylation sites is 1. The van der Waals surface area contributed by atoms with Gasteiger partial charge in [0.25, 0.3) is 0 Å². The molecule has 2 heterocycles. The van der Waals surface area contributed by atoms with Gasteiger partial charge in [-0.1, -0.05) is 24.3 Å². The number of benzene rings is 2. The second-order valence-electron chi connectivity index (χ2n) is 6.70. The fraction of sp³-hybridized carbons (Fsp3) is 0.167. The van der Waals surface area contributed by atoms with Crippen LogP contribution >= 0.6 is 11.3 Å². The summed E-state index contributed by atoms with van der Waals surface area (Å²) in [6.45, 7) is 4.24. The second kappa shape index (κ2) is 9.57. The first-order chi connectivity index (χ1) is 15.7. The Balaban J connectivity index is 1.81. The molecule has 0 amide bonds. The Hall–Kier alpha value is -3.78. The maximum Gasteiger partial charge on any atom is 0.206 e. The Kier molecular flexibility index (Phi) is 6.42. The van der Waals surface area contributed by atoms with Crippen LogP contribution in [0.15, 0.2) is 75.0 Å². The lowest BCUT2D eigenvalue weighted by Gasteiger charge is -2.12. The summed E-state index contributed by atoms with van der Waals surface area (Å²) in [7, 11) is 4.73.